The van der Waals surface area contributed by atoms with Gasteiger partial charge >= 0.3 is 5.97 Å². The van der Waals surface area contributed by atoms with E-state index in [1.165, 1.54) is 13.0 Å². The number of benzene rings is 2. The summed E-state index contributed by atoms with van der Waals surface area (Å²) in [5.74, 6) is -0.432. The molecule has 1 atom stereocenters. The third-order valence-corrected chi connectivity index (χ3v) is 4.25. The molecule has 1 aliphatic rings. The molecule has 0 saturated carbocycles. The largest absolute Gasteiger partial charge is 0.454 e. The first-order valence-corrected chi connectivity index (χ1v) is 9.33. The van der Waals surface area contributed by atoms with Gasteiger partial charge in [-0.2, -0.15) is 0 Å². The third kappa shape index (κ3) is 5.60. The maximum absolute atomic E-state index is 12.4. The van der Waals surface area contributed by atoms with Crippen molar-refractivity contribution >= 4 is 23.9 Å². The van der Waals surface area contributed by atoms with E-state index in [-0.39, 0.29) is 18.5 Å². The van der Waals surface area contributed by atoms with Crippen LogP contribution in [-0.2, 0) is 19.1 Å². The van der Waals surface area contributed by atoms with Crippen LogP contribution in [0.4, 0.5) is 0 Å². The van der Waals surface area contributed by atoms with Crippen molar-refractivity contribution in [3.63, 3.8) is 0 Å². The van der Waals surface area contributed by atoms with E-state index in [9.17, 15) is 14.4 Å². The lowest BCUT2D eigenvalue weighted by atomic mass is 10.1. The van der Waals surface area contributed by atoms with Crippen LogP contribution in [0.25, 0.3) is 6.08 Å². The first-order valence-electron chi connectivity index (χ1n) is 9.33. The molecule has 30 heavy (non-hydrogen) atoms. The number of hydrogen-bond acceptors (Lipinski definition) is 6. The molecule has 0 saturated heterocycles. The lowest BCUT2D eigenvalue weighted by Crippen LogP contribution is -2.33. The number of fused-ring (bicyclic) bond motifs is 1. The van der Waals surface area contributed by atoms with E-state index >= 15 is 0 Å². The van der Waals surface area contributed by atoms with Crippen molar-refractivity contribution in [3.8, 4) is 11.5 Å². The quantitative estimate of drug-likeness (QED) is 0.536. The van der Waals surface area contributed by atoms with Gasteiger partial charge in [0.2, 0.25) is 12.7 Å². The second-order valence-electron chi connectivity index (χ2n) is 6.63. The summed E-state index contributed by atoms with van der Waals surface area (Å²) < 4.78 is 15.7. The van der Waals surface area contributed by atoms with Crippen LogP contribution in [-0.4, -0.2) is 31.2 Å². The second kappa shape index (κ2) is 9.60. The van der Waals surface area contributed by atoms with Gasteiger partial charge < -0.3 is 24.8 Å². The van der Waals surface area contributed by atoms with Crippen molar-refractivity contribution < 1.29 is 28.6 Å². The first-order chi connectivity index (χ1) is 14.4. The van der Waals surface area contributed by atoms with Gasteiger partial charge in [0.05, 0.1) is 6.04 Å². The molecule has 1 aliphatic heterocycles. The molecule has 0 bridgehead atoms. The molecule has 3 rings (SSSR count). The van der Waals surface area contributed by atoms with E-state index in [1.54, 1.807) is 43.3 Å². The zero-order valence-corrected chi connectivity index (χ0v) is 16.6. The van der Waals surface area contributed by atoms with Crippen LogP contribution in [0.5, 0.6) is 11.5 Å². The summed E-state index contributed by atoms with van der Waals surface area (Å²) in [7, 11) is 0. The van der Waals surface area contributed by atoms with Gasteiger partial charge in [-0.25, -0.2) is 4.79 Å². The Bertz CT molecular complexity index is 971. The van der Waals surface area contributed by atoms with Gasteiger partial charge in [0, 0.05) is 6.92 Å². The highest BCUT2D eigenvalue weighted by Gasteiger charge is 2.18. The maximum atomic E-state index is 12.4. The summed E-state index contributed by atoms with van der Waals surface area (Å²) in [6.45, 7) is 2.77. The lowest BCUT2D eigenvalue weighted by Gasteiger charge is -2.15. The zero-order valence-electron chi connectivity index (χ0n) is 16.6. The number of nitrogens with one attached hydrogen (secondary N) is 2. The molecule has 8 nitrogen and oxygen atoms in total. The minimum Gasteiger partial charge on any atom is -0.454 e. The molecule has 1 unspecified atom stereocenters. The zero-order chi connectivity index (χ0) is 21.5. The molecule has 0 fully saturated rings. The van der Waals surface area contributed by atoms with E-state index in [2.05, 4.69) is 10.6 Å². The minimum absolute atomic E-state index is 0.0506. The van der Waals surface area contributed by atoms with Crippen LogP contribution in [0.1, 0.15) is 31.0 Å². The smallest absolute Gasteiger partial charge is 0.355 e. The van der Waals surface area contributed by atoms with Gasteiger partial charge in [0.1, 0.15) is 5.70 Å². The fourth-order valence-corrected chi connectivity index (χ4v) is 2.81. The van der Waals surface area contributed by atoms with Gasteiger partial charge in [-0.05, 0) is 36.3 Å². The highest BCUT2D eigenvalue weighted by molar-refractivity contribution is 5.98. The standard InChI is InChI=1S/C22H22N2O6/c1-14(17-8-9-19-20(11-17)30-13-29-19)23-21(26)12-28-22(27)18(24-15(2)25)10-16-6-4-3-5-7-16/h3-11,14H,12-13H2,1-2H3,(H,23,26)(H,24,25)/b18-10-. The Morgan fingerprint density at radius 1 is 1.10 bits per heavy atom. The molecule has 0 aliphatic carbocycles. The van der Waals surface area contributed by atoms with Crippen LogP contribution >= 0.6 is 0 Å². The summed E-state index contributed by atoms with van der Waals surface area (Å²) in [5, 5.41) is 5.19. The molecule has 0 spiro atoms. The molecule has 2 aromatic carbocycles. The Balaban J connectivity index is 1.57. The van der Waals surface area contributed by atoms with Crippen molar-refractivity contribution in [2.24, 2.45) is 0 Å². The van der Waals surface area contributed by atoms with Crippen molar-refractivity contribution in [1.29, 1.82) is 0 Å². The number of rotatable bonds is 7. The molecule has 1 heterocycles. The lowest BCUT2D eigenvalue weighted by molar-refractivity contribution is -0.145. The molecule has 2 aromatic rings. The predicted molar refractivity (Wildman–Crippen MR) is 108 cm³/mol. The molecular weight excluding hydrogens is 388 g/mol. The number of hydrogen-bond donors (Lipinski definition) is 2. The van der Waals surface area contributed by atoms with Crippen LogP contribution in [0.3, 0.4) is 0 Å². The molecule has 8 heteroatoms. The first kappa shape index (κ1) is 20.9. The van der Waals surface area contributed by atoms with Gasteiger partial charge in [-0.15, -0.1) is 0 Å². The number of amides is 2. The molecule has 2 amide bonds. The van der Waals surface area contributed by atoms with Crippen molar-refractivity contribution in [2.45, 2.75) is 19.9 Å². The average molecular weight is 410 g/mol. The second-order valence-corrected chi connectivity index (χ2v) is 6.63. The van der Waals surface area contributed by atoms with E-state index in [1.807, 2.05) is 12.1 Å². The van der Waals surface area contributed by atoms with Crippen molar-refractivity contribution in [1.82, 2.24) is 10.6 Å². The van der Waals surface area contributed by atoms with E-state index in [0.717, 1.165) is 5.56 Å². The van der Waals surface area contributed by atoms with Crippen LogP contribution in [0.2, 0.25) is 0 Å². The Kier molecular flexibility index (Phi) is 6.69. The molecule has 0 aromatic heterocycles. The van der Waals surface area contributed by atoms with Crippen LogP contribution < -0.4 is 20.1 Å². The fraction of sp³-hybridized carbons (Fsp3) is 0.227. The number of carbonyl (C=O) groups excluding carboxylic acids is 3. The Labute approximate surface area is 173 Å². The van der Waals surface area contributed by atoms with Crippen LogP contribution in [0, 0.1) is 0 Å². The van der Waals surface area contributed by atoms with Gasteiger partial charge in [0.15, 0.2) is 18.1 Å². The monoisotopic (exact) mass is 410 g/mol. The molecule has 2 N–H and O–H groups in total. The third-order valence-electron chi connectivity index (χ3n) is 4.25. The van der Waals surface area contributed by atoms with E-state index in [0.29, 0.717) is 17.1 Å². The van der Waals surface area contributed by atoms with E-state index in [4.69, 9.17) is 14.2 Å². The van der Waals surface area contributed by atoms with Gasteiger partial charge in [-0.3, -0.25) is 9.59 Å². The highest BCUT2D eigenvalue weighted by atomic mass is 16.7. The summed E-state index contributed by atoms with van der Waals surface area (Å²) in [6.07, 6.45) is 1.48. The molecular formula is C22H22N2O6. The normalized spacial score (nSPS) is 13.3. The average Bonchev–Trinajstić information content (AvgIpc) is 3.20. The fourth-order valence-electron chi connectivity index (χ4n) is 2.81. The molecule has 0 radical (unpaired) electrons. The maximum Gasteiger partial charge on any atom is 0.355 e. The highest BCUT2D eigenvalue weighted by Crippen LogP contribution is 2.34. The van der Waals surface area contributed by atoms with Crippen LogP contribution in [0.15, 0.2) is 54.2 Å². The van der Waals surface area contributed by atoms with E-state index < -0.39 is 24.4 Å². The minimum atomic E-state index is -0.806. The summed E-state index contributed by atoms with van der Waals surface area (Å²) in [5.41, 5.74) is 1.48. The SMILES string of the molecule is CC(=O)N/C(=C\c1ccccc1)C(=O)OCC(=O)NC(C)c1ccc2c(c1)OCO2. The number of ether oxygens (including phenoxy) is 3. The molecule has 156 valence electrons. The Hall–Kier alpha value is -3.81. The topological polar surface area (TPSA) is 103 Å². The summed E-state index contributed by atoms with van der Waals surface area (Å²) in [4.78, 5) is 36.0. The van der Waals surface area contributed by atoms with Crippen molar-refractivity contribution in [3.05, 3.63) is 65.4 Å². The number of carbonyl (C=O) groups is 3. The van der Waals surface area contributed by atoms with Crippen molar-refractivity contribution in [2.75, 3.05) is 13.4 Å². The van der Waals surface area contributed by atoms with Gasteiger partial charge in [-0.1, -0.05) is 36.4 Å². The Morgan fingerprint density at radius 3 is 2.57 bits per heavy atom. The van der Waals surface area contributed by atoms with Gasteiger partial charge in [0.25, 0.3) is 5.91 Å². The Morgan fingerprint density at radius 2 is 1.83 bits per heavy atom. The summed E-state index contributed by atoms with van der Waals surface area (Å²) in [6, 6.07) is 14.0. The summed E-state index contributed by atoms with van der Waals surface area (Å²) >= 11 is 0. The number of esters is 1. The predicted octanol–water partition coefficient (Wildman–Crippen LogP) is 2.31.